The van der Waals surface area contributed by atoms with Crippen LogP contribution < -0.4 is 0 Å². The lowest BCUT2D eigenvalue weighted by atomic mass is 9.79. The van der Waals surface area contributed by atoms with Gasteiger partial charge in [-0.15, -0.1) is 11.3 Å². The number of aromatic nitrogens is 1. The molecule has 0 aromatic carbocycles. The predicted octanol–water partition coefficient (Wildman–Crippen LogP) is 3.95. The van der Waals surface area contributed by atoms with Gasteiger partial charge in [-0.2, -0.15) is 0 Å². The van der Waals surface area contributed by atoms with E-state index in [1.807, 2.05) is 45.1 Å². The highest BCUT2D eigenvalue weighted by atomic mass is 32.1. The number of hydrogen-bond donors (Lipinski definition) is 1. The van der Waals surface area contributed by atoms with Crippen molar-refractivity contribution < 1.29 is 28.8 Å². The number of thiazole rings is 1. The Bertz CT molecular complexity index is 862. The van der Waals surface area contributed by atoms with Gasteiger partial charge in [0.2, 0.25) is 0 Å². The number of hydrogen-bond acceptors (Lipinski definition) is 8. The van der Waals surface area contributed by atoms with E-state index in [1.165, 1.54) is 18.4 Å². The molecule has 0 aliphatic heterocycles. The lowest BCUT2D eigenvalue weighted by Gasteiger charge is -2.36. The fourth-order valence-electron chi connectivity index (χ4n) is 2.84. The van der Waals surface area contributed by atoms with E-state index in [2.05, 4.69) is 21.6 Å². The summed E-state index contributed by atoms with van der Waals surface area (Å²) in [5.41, 5.74) is -0.202. The third-order valence-corrected chi connectivity index (χ3v) is 5.86. The van der Waals surface area contributed by atoms with Gasteiger partial charge in [0.05, 0.1) is 30.4 Å². The molecule has 7 nitrogen and oxygen atoms in total. The maximum atomic E-state index is 11.5. The Balaban J connectivity index is 2.59. The molecule has 0 radical (unpaired) electrons. The molecule has 0 aliphatic carbocycles. The molecule has 1 aromatic heterocycles. The van der Waals surface area contributed by atoms with Crippen molar-refractivity contribution in [2.24, 2.45) is 5.41 Å². The maximum Gasteiger partial charge on any atom is 0.357 e. The molecule has 0 unspecified atom stereocenters. The summed E-state index contributed by atoms with van der Waals surface area (Å²) in [6.07, 6.45) is 10.8. The zero-order valence-corrected chi connectivity index (χ0v) is 21.1. The molecule has 1 N–H and O–H groups in total. The van der Waals surface area contributed by atoms with Crippen molar-refractivity contribution in [3.05, 3.63) is 52.5 Å². The zero-order valence-electron chi connectivity index (χ0n) is 20.2. The molecule has 0 amide bonds. The van der Waals surface area contributed by atoms with Crippen LogP contribution in [0.5, 0.6) is 0 Å². The predicted molar refractivity (Wildman–Crippen MR) is 130 cm³/mol. The van der Waals surface area contributed by atoms with E-state index < -0.39 is 17.5 Å². The highest BCUT2D eigenvalue weighted by molar-refractivity contribution is 7.09. The Morgan fingerprint density at radius 3 is 2.61 bits per heavy atom. The van der Waals surface area contributed by atoms with Crippen LogP contribution in [0.1, 0.15) is 42.7 Å². The maximum absolute atomic E-state index is 11.5. The van der Waals surface area contributed by atoms with Crippen molar-refractivity contribution in [3.63, 3.8) is 0 Å². The Hall–Kier alpha value is -2.28. The van der Waals surface area contributed by atoms with Gasteiger partial charge in [-0.3, -0.25) is 0 Å². The van der Waals surface area contributed by atoms with Gasteiger partial charge < -0.3 is 24.1 Å². The van der Waals surface area contributed by atoms with Gasteiger partial charge in [0.25, 0.3) is 0 Å². The second-order valence-electron chi connectivity index (χ2n) is 7.74. The summed E-state index contributed by atoms with van der Waals surface area (Å²) in [4.78, 5) is 15.8. The molecule has 0 saturated heterocycles. The van der Waals surface area contributed by atoms with Gasteiger partial charge in [0, 0.05) is 31.4 Å². The fraction of sp³-hybridized carbons (Fsp3) is 0.520. The molecule has 1 rings (SSSR count). The molecular weight excluding hydrogens is 442 g/mol. The van der Waals surface area contributed by atoms with Crippen molar-refractivity contribution in [2.75, 3.05) is 28.1 Å². The van der Waals surface area contributed by atoms with Crippen LogP contribution >= 0.6 is 11.3 Å². The topological polar surface area (TPSA) is 87.1 Å². The van der Waals surface area contributed by atoms with Crippen LogP contribution in [0.2, 0.25) is 0 Å². The Morgan fingerprint density at radius 1 is 1.24 bits per heavy atom. The Morgan fingerprint density at radius 2 is 1.97 bits per heavy atom. The number of carbonyl (C=O) groups is 1. The minimum atomic E-state index is -0.616. The molecule has 1 heterocycles. The minimum Gasteiger partial charge on any atom is -0.464 e. The minimum absolute atomic E-state index is 0.163. The van der Waals surface area contributed by atoms with Crippen molar-refractivity contribution in [1.29, 1.82) is 0 Å². The second kappa shape index (κ2) is 15.5. The standard InChI is InChI=1S/C25H35NO6S/c1-7-13-22(32-18-29-4)25(2,3)21(27)15-12-10-8-9-11-14-19(30-5)16-23-26-20(17-33-23)24(28)31-6/h7,10-14,17,19,21-22,27H,15-16,18H2,1-6H3/b12-10-,13-7+,14-11+/t19-,21-,22-/m0/s1. The van der Waals surface area contributed by atoms with E-state index in [4.69, 9.17) is 14.2 Å². The van der Waals surface area contributed by atoms with Crippen molar-refractivity contribution in [3.8, 4) is 11.8 Å². The molecule has 0 fully saturated rings. The van der Waals surface area contributed by atoms with Crippen molar-refractivity contribution in [1.82, 2.24) is 4.98 Å². The number of aliphatic hydroxyl groups excluding tert-OH is 1. The SMILES string of the molecule is C/C=C/[C@H](OCOC)C(C)(C)[C@@H](O)C/C=C\C#C/C=C/[C@@H](Cc1nc(C(=O)OC)cs1)OC. The monoisotopic (exact) mass is 477 g/mol. The molecule has 182 valence electrons. The van der Waals surface area contributed by atoms with Crippen LogP contribution in [-0.2, 0) is 25.4 Å². The molecule has 0 spiro atoms. The highest BCUT2D eigenvalue weighted by Crippen LogP contribution is 2.31. The molecule has 33 heavy (non-hydrogen) atoms. The molecule has 0 bridgehead atoms. The van der Waals surface area contributed by atoms with E-state index in [0.29, 0.717) is 18.5 Å². The lowest BCUT2D eigenvalue weighted by molar-refractivity contribution is -0.119. The Labute approximate surface area is 201 Å². The van der Waals surface area contributed by atoms with Crippen LogP contribution in [0.3, 0.4) is 0 Å². The summed E-state index contributed by atoms with van der Waals surface area (Å²) in [6.45, 7) is 6.00. The van der Waals surface area contributed by atoms with E-state index in [9.17, 15) is 9.90 Å². The summed E-state index contributed by atoms with van der Waals surface area (Å²) in [6, 6.07) is 0. The zero-order chi connectivity index (χ0) is 24.7. The average Bonchev–Trinajstić information content (AvgIpc) is 3.27. The smallest absolute Gasteiger partial charge is 0.357 e. The fourth-order valence-corrected chi connectivity index (χ4v) is 3.65. The first-order chi connectivity index (χ1) is 15.8. The largest absolute Gasteiger partial charge is 0.464 e. The number of rotatable bonds is 13. The van der Waals surface area contributed by atoms with Crippen molar-refractivity contribution in [2.45, 2.75) is 51.9 Å². The molecule has 8 heteroatoms. The number of nitrogens with zero attached hydrogens (tertiary/aromatic N) is 1. The van der Waals surface area contributed by atoms with Gasteiger partial charge in [-0.05, 0) is 31.6 Å². The number of ether oxygens (including phenoxy) is 4. The molecule has 0 saturated carbocycles. The van der Waals surface area contributed by atoms with Crippen LogP contribution in [0.15, 0.2) is 41.8 Å². The number of methoxy groups -OCH3 is 3. The average molecular weight is 478 g/mol. The normalized spacial score (nSPS) is 15.0. The van der Waals surface area contributed by atoms with E-state index in [-0.39, 0.29) is 19.0 Å². The first-order valence-electron chi connectivity index (χ1n) is 10.6. The molecule has 0 aliphatic rings. The number of aliphatic hydroxyl groups is 1. The summed E-state index contributed by atoms with van der Waals surface area (Å²) >= 11 is 1.38. The van der Waals surface area contributed by atoms with Crippen molar-refractivity contribution >= 4 is 17.3 Å². The number of carbonyl (C=O) groups excluding carboxylic acids is 1. The van der Waals surface area contributed by atoms with Crippen LogP contribution in [-0.4, -0.2) is 62.5 Å². The first-order valence-corrected chi connectivity index (χ1v) is 11.5. The third kappa shape index (κ3) is 10.0. The van der Waals surface area contributed by atoms with Gasteiger partial charge >= 0.3 is 5.97 Å². The van der Waals surface area contributed by atoms with E-state index >= 15 is 0 Å². The first kappa shape index (κ1) is 28.8. The summed E-state index contributed by atoms with van der Waals surface area (Å²) in [7, 11) is 4.51. The quantitative estimate of drug-likeness (QED) is 0.199. The van der Waals surface area contributed by atoms with Crippen LogP contribution in [0.4, 0.5) is 0 Å². The van der Waals surface area contributed by atoms with E-state index in [1.54, 1.807) is 31.8 Å². The summed E-state index contributed by atoms with van der Waals surface area (Å²) in [5, 5.41) is 13.1. The van der Waals surface area contributed by atoms with Gasteiger partial charge in [0.1, 0.15) is 6.79 Å². The Kier molecular flexibility index (Phi) is 13.5. The molecular formula is C25H35NO6S. The molecule has 1 aromatic rings. The van der Waals surface area contributed by atoms with Gasteiger partial charge in [-0.25, -0.2) is 9.78 Å². The molecule has 3 atom stereocenters. The highest BCUT2D eigenvalue weighted by Gasteiger charge is 2.35. The van der Waals surface area contributed by atoms with Crippen LogP contribution in [0, 0.1) is 17.3 Å². The number of esters is 1. The second-order valence-corrected chi connectivity index (χ2v) is 8.68. The van der Waals surface area contributed by atoms with E-state index in [0.717, 1.165) is 5.01 Å². The van der Waals surface area contributed by atoms with Crippen LogP contribution in [0.25, 0.3) is 0 Å². The van der Waals surface area contributed by atoms with Gasteiger partial charge in [0.15, 0.2) is 5.69 Å². The summed E-state index contributed by atoms with van der Waals surface area (Å²) in [5.74, 6) is 5.41. The summed E-state index contributed by atoms with van der Waals surface area (Å²) < 4.78 is 20.8. The third-order valence-electron chi connectivity index (χ3n) is 4.99. The van der Waals surface area contributed by atoms with Gasteiger partial charge in [-0.1, -0.05) is 43.9 Å². The number of allylic oxidation sites excluding steroid dienone is 3. The lowest BCUT2D eigenvalue weighted by Crippen LogP contribution is -2.41.